The molecule has 240 valence electrons. The summed E-state index contributed by atoms with van der Waals surface area (Å²) >= 11 is 0. The summed E-state index contributed by atoms with van der Waals surface area (Å²) in [5.74, 6) is 0. The Labute approximate surface area is 295 Å². The molecule has 0 aliphatic heterocycles. The third-order valence-corrected chi connectivity index (χ3v) is 11.7. The van der Waals surface area contributed by atoms with Crippen LogP contribution in [0.5, 0.6) is 0 Å². The summed E-state index contributed by atoms with van der Waals surface area (Å²) in [7, 11) is 0. The van der Waals surface area contributed by atoms with Crippen LogP contribution in [-0.2, 0) is 17.3 Å². The van der Waals surface area contributed by atoms with Gasteiger partial charge in [0.1, 0.15) is 0 Å². The van der Waals surface area contributed by atoms with Crippen molar-refractivity contribution in [3.05, 3.63) is 173 Å². The number of hydrogen-bond acceptors (Lipinski definition) is 1. The molecular weight excluding hydrogens is 605 g/mol. The Kier molecular flexibility index (Phi) is 6.04. The van der Waals surface area contributed by atoms with E-state index in [1.54, 1.807) is 0 Å². The zero-order valence-electron chi connectivity index (χ0n) is 29.0. The van der Waals surface area contributed by atoms with Crippen molar-refractivity contribution in [2.45, 2.75) is 51.4 Å². The zero-order chi connectivity index (χ0) is 33.8. The predicted octanol–water partition coefficient (Wildman–Crippen LogP) is 12.3. The summed E-state index contributed by atoms with van der Waals surface area (Å²) in [4.78, 5) is 2.55. The van der Waals surface area contributed by atoms with E-state index in [0.29, 0.717) is 0 Å². The lowest BCUT2D eigenvalue weighted by atomic mass is 9.82. The molecule has 0 saturated heterocycles. The molecular formula is C48H38N2. The van der Waals surface area contributed by atoms with Crippen LogP contribution in [0.25, 0.3) is 44.9 Å². The topological polar surface area (TPSA) is 8.17 Å². The zero-order valence-corrected chi connectivity index (χ0v) is 29.0. The van der Waals surface area contributed by atoms with Crippen LogP contribution in [0.2, 0.25) is 0 Å². The Hall–Kier alpha value is -5.78. The largest absolute Gasteiger partial charge is 0.311 e. The first kappa shape index (κ1) is 29.2. The van der Waals surface area contributed by atoms with Gasteiger partial charge < -0.3 is 9.47 Å². The van der Waals surface area contributed by atoms with Crippen LogP contribution in [0.15, 0.2) is 127 Å². The van der Waals surface area contributed by atoms with Crippen molar-refractivity contribution in [3.63, 3.8) is 0 Å². The van der Waals surface area contributed by atoms with Crippen LogP contribution < -0.4 is 4.90 Å². The molecule has 6 aromatic carbocycles. The highest BCUT2D eigenvalue weighted by molar-refractivity contribution is 6.02. The molecule has 0 atom stereocenters. The van der Waals surface area contributed by atoms with Crippen molar-refractivity contribution in [3.8, 4) is 27.9 Å². The van der Waals surface area contributed by atoms with Gasteiger partial charge >= 0.3 is 0 Å². The van der Waals surface area contributed by atoms with Gasteiger partial charge in [0, 0.05) is 50.2 Å². The number of nitrogens with zero attached hydrogens (tertiary/aromatic N) is 2. The molecule has 0 amide bonds. The number of allylic oxidation sites excluding steroid dienone is 1. The van der Waals surface area contributed by atoms with Crippen LogP contribution in [-0.4, -0.2) is 4.57 Å². The third-order valence-electron chi connectivity index (χ3n) is 11.7. The Morgan fingerprint density at radius 2 is 1.28 bits per heavy atom. The van der Waals surface area contributed by atoms with Gasteiger partial charge in [-0.1, -0.05) is 143 Å². The van der Waals surface area contributed by atoms with Crippen molar-refractivity contribution >= 4 is 34.0 Å². The van der Waals surface area contributed by atoms with Crippen LogP contribution in [0.3, 0.4) is 0 Å². The molecule has 0 N–H and O–H groups in total. The number of fused-ring (bicyclic) bond motifs is 9. The normalized spacial score (nSPS) is 15.5. The van der Waals surface area contributed by atoms with Gasteiger partial charge in [-0.3, -0.25) is 0 Å². The highest BCUT2D eigenvalue weighted by atomic mass is 15.2. The molecule has 2 heteroatoms. The minimum absolute atomic E-state index is 0.123. The summed E-state index contributed by atoms with van der Waals surface area (Å²) in [6.07, 6.45) is 6.69. The van der Waals surface area contributed by atoms with Gasteiger partial charge in [-0.15, -0.1) is 0 Å². The monoisotopic (exact) mass is 642 g/mol. The van der Waals surface area contributed by atoms with Crippen LogP contribution in [0.1, 0.15) is 67.6 Å². The van der Waals surface area contributed by atoms with E-state index < -0.39 is 0 Å². The van der Waals surface area contributed by atoms with Crippen LogP contribution >= 0.6 is 0 Å². The Morgan fingerprint density at radius 1 is 0.620 bits per heavy atom. The maximum absolute atomic E-state index is 3.61. The molecule has 3 aliphatic rings. The van der Waals surface area contributed by atoms with Crippen molar-refractivity contribution in [1.29, 1.82) is 0 Å². The lowest BCUT2D eigenvalue weighted by Crippen LogP contribution is -2.18. The fraction of sp³-hybridized carbons (Fsp3) is 0.167. The number of rotatable bonds is 4. The molecule has 1 heterocycles. The third kappa shape index (κ3) is 3.81. The number of hydrogen-bond donors (Lipinski definition) is 0. The summed E-state index contributed by atoms with van der Waals surface area (Å²) in [6, 6.07) is 52.0. The maximum atomic E-state index is 3.61. The molecule has 0 unspecified atom stereocenters. The first-order chi connectivity index (χ1) is 24.4. The minimum Gasteiger partial charge on any atom is -0.311 e. The summed E-state index contributed by atoms with van der Waals surface area (Å²) in [6.45, 7) is 9.39. The second kappa shape index (κ2) is 10.4. The highest BCUT2D eigenvalue weighted by Crippen LogP contribution is 2.58. The van der Waals surface area contributed by atoms with Crippen molar-refractivity contribution in [1.82, 2.24) is 4.57 Å². The smallest absolute Gasteiger partial charge is 0.0703 e. The maximum Gasteiger partial charge on any atom is 0.0703 e. The lowest BCUT2D eigenvalue weighted by Gasteiger charge is -2.32. The van der Waals surface area contributed by atoms with E-state index >= 15 is 0 Å². The molecule has 0 radical (unpaired) electrons. The predicted molar refractivity (Wildman–Crippen MR) is 208 cm³/mol. The van der Waals surface area contributed by atoms with Gasteiger partial charge in [0.15, 0.2) is 0 Å². The average Bonchev–Trinajstić information content (AvgIpc) is 3.70. The number of anilines is 3. The first-order valence-electron chi connectivity index (χ1n) is 17.9. The van der Waals surface area contributed by atoms with E-state index in [1.165, 1.54) is 78.0 Å². The second-order valence-electron chi connectivity index (χ2n) is 15.1. The average molecular weight is 643 g/mol. The standard InChI is InChI=1S/C48H38N2/c1-47(2)35-21-9-5-19-33(35)45-37(47)23-15-29-43(45)50(44-30-16-24-38-46(44)34-20-6-10-22-36(34)48(38,3)4)42-28-14-13-27-41(42)49-39-25-11-7-17-31(39)32-18-8-12-26-40(32)49/h5-11,13-15,17-23,25,27-30H,12,26H2,1-4H3. The fourth-order valence-corrected chi connectivity index (χ4v) is 9.34. The second-order valence-corrected chi connectivity index (χ2v) is 15.1. The molecule has 3 aliphatic carbocycles. The molecule has 10 rings (SSSR count). The SMILES string of the molecule is CC1(C)c2c#ccc(N(c3ccccc3-n3c4c(c5ccccc53)C=CCC4)c3cccc4c3-c3ccccc3C4(C)C)c2-c2ccccc21. The van der Waals surface area contributed by atoms with Crippen LogP contribution in [0.4, 0.5) is 17.1 Å². The first-order valence-corrected chi connectivity index (χ1v) is 17.9. The Morgan fingerprint density at radius 3 is 2.12 bits per heavy atom. The van der Waals surface area contributed by atoms with E-state index in [4.69, 9.17) is 0 Å². The molecule has 0 fully saturated rings. The Bertz CT molecular complexity index is 2450. The number of benzene rings is 5. The van der Waals surface area contributed by atoms with E-state index in [-0.39, 0.29) is 10.8 Å². The van der Waals surface area contributed by atoms with E-state index in [0.717, 1.165) is 24.2 Å². The molecule has 0 spiro atoms. The molecule has 1 aromatic heterocycles. The Balaban J connectivity index is 1.34. The minimum atomic E-state index is -0.196. The number of aromatic nitrogens is 1. The van der Waals surface area contributed by atoms with Gasteiger partial charge in [-0.05, 0) is 64.9 Å². The molecule has 0 saturated carbocycles. The summed E-state index contributed by atoms with van der Waals surface area (Å²) in [5.41, 5.74) is 18.7. The highest BCUT2D eigenvalue weighted by Gasteiger charge is 2.41. The lowest BCUT2D eigenvalue weighted by molar-refractivity contribution is 0.660. The van der Waals surface area contributed by atoms with Crippen molar-refractivity contribution < 1.29 is 0 Å². The van der Waals surface area contributed by atoms with Gasteiger partial charge in [0.2, 0.25) is 0 Å². The van der Waals surface area contributed by atoms with Crippen LogP contribution in [0, 0.1) is 12.1 Å². The molecule has 50 heavy (non-hydrogen) atoms. The summed E-state index contributed by atoms with van der Waals surface area (Å²) in [5, 5.41) is 1.30. The molecule has 7 aromatic rings. The fourth-order valence-electron chi connectivity index (χ4n) is 9.34. The number of para-hydroxylation sites is 3. The van der Waals surface area contributed by atoms with Gasteiger partial charge in [0.05, 0.1) is 28.3 Å². The molecule has 0 bridgehead atoms. The van der Waals surface area contributed by atoms with E-state index in [9.17, 15) is 0 Å². The van der Waals surface area contributed by atoms with Gasteiger partial charge in [-0.25, -0.2) is 0 Å². The quantitative estimate of drug-likeness (QED) is 0.185. The van der Waals surface area contributed by atoms with Crippen molar-refractivity contribution in [2.75, 3.05) is 4.90 Å². The van der Waals surface area contributed by atoms with E-state index in [1.807, 2.05) is 0 Å². The summed E-state index contributed by atoms with van der Waals surface area (Å²) < 4.78 is 2.54. The van der Waals surface area contributed by atoms with E-state index in [2.05, 4.69) is 183 Å². The molecule has 2 nitrogen and oxygen atoms in total. The van der Waals surface area contributed by atoms with Gasteiger partial charge in [-0.2, -0.15) is 0 Å². The van der Waals surface area contributed by atoms with Gasteiger partial charge in [0.25, 0.3) is 0 Å². The van der Waals surface area contributed by atoms with Crippen molar-refractivity contribution in [2.24, 2.45) is 0 Å².